The number of aromatic amines is 1. The summed E-state index contributed by atoms with van der Waals surface area (Å²) in [6.07, 6.45) is 2.70. The van der Waals surface area contributed by atoms with E-state index in [2.05, 4.69) is 25.5 Å². The zero-order chi connectivity index (χ0) is 23.3. The van der Waals surface area contributed by atoms with Crippen LogP contribution >= 0.6 is 0 Å². The Bertz CT molecular complexity index is 1640. The maximum atomic E-state index is 14.1. The first kappa shape index (κ1) is 20.6. The first-order chi connectivity index (χ1) is 16.5. The monoisotopic (exact) mass is 470 g/mol. The third kappa shape index (κ3) is 3.36. The van der Waals surface area contributed by atoms with E-state index in [4.69, 9.17) is 5.73 Å². The Labute approximate surface area is 196 Å². The van der Waals surface area contributed by atoms with Crippen LogP contribution in [0.1, 0.15) is 22.8 Å². The van der Waals surface area contributed by atoms with Crippen molar-refractivity contribution < 1.29 is 8.42 Å². The number of fused-ring (bicyclic) bond motifs is 3. The molecule has 6 rings (SSSR count). The van der Waals surface area contributed by atoms with Gasteiger partial charge in [0.1, 0.15) is 5.82 Å². The second-order valence-electron chi connectivity index (χ2n) is 8.55. The van der Waals surface area contributed by atoms with Crippen molar-refractivity contribution in [2.75, 3.05) is 11.1 Å². The van der Waals surface area contributed by atoms with E-state index < -0.39 is 15.1 Å². The van der Waals surface area contributed by atoms with Crippen LogP contribution in [0.5, 0.6) is 0 Å². The van der Waals surface area contributed by atoms with E-state index in [0.29, 0.717) is 34.6 Å². The van der Waals surface area contributed by atoms with Gasteiger partial charge in [-0.25, -0.2) is 8.42 Å². The highest BCUT2D eigenvalue weighted by Gasteiger charge is 2.37. The Balaban J connectivity index is 1.43. The largest absolute Gasteiger partial charge is 0.368 e. The molecular weight excluding hydrogens is 448 g/mol. The molecule has 0 bridgehead atoms. The minimum absolute atomic E-state index is 0.121. The molecule has 5 aromatic rings. The highest BCUT2D eigenvalue weighted by atomic mass is 32.2. The number of hydrogen-bond acceptors (Lipinski definition) is 7. The fourth-order valence-corrected chi connectivity index (χ4v) is 7.04. The van der Waals surface area contributed by atoms with E-state index in [0.717, 1.165) is 21.9 Å². The average Bonchev–Trinajstić information content (AvgIpc) is 3.32. The molecule has 0 amide bonds. The number of aromatic nitrogens is 4. The summed E-state index contributed by atoms with van der Waals surface area (Å²) in [7, 11) is -3.68. The van der Waals surface area contributed by atoms with Crippen LogP contribution in [0.2, 0.25) is 0 Å². The van der Waals surface area contributed by atoms with Crippen molar-refractivity contribution in [2.45, 2.75) is 29.0 Å². The number of nitrogens with one attached hydrogen (secondary N) is 2. The molecule has 170 valence electrons. The fourth-order valence-electron chi connectivity index (χ4n) is 4.92. The van der Waals surface area contributed by atoms with E-state index in [9.17, 15) is 8.42 Å². The summed E-state index contributed by atoms with van der Waals surface area (Å²) in [4.78, 5) is 8.87. The molecule has 4 N–H and O–H groups in total. The summed E-state index contributed by atoms with van der Waals surface area (Å²) in [5.41, 5.74) is 8.27. The zero-order valence-electron chi connectivity index (χ0n) is 18.1. The van der Waals surface area contributed by atoms with Crippen molar-refractivity contribution in [3.8, 4) is 0 Å². The number of H-pyrrole nitrogens is 1. The summed E-state index contributed by atoms with van der Waals surface area (Å²) in [6.45, 7) is 0. The van der Waals surface area contributed by atoms with Gasteiger partial charge in [0.2, 0.25) is 5.95 Å². The van der Waals surface area contributed by atoms with Gasteiger partial charge >= 0.3 is 0 Å². The van der Waals surface area contributed by atoms with Gasteiger partial charge in [0.15, 0.2) is 15.5 Å². The van der Waals surface area contributed by atoms with Crippen molar-refractivity contribution >= 4 is 43.4 Å². The first-order valence-electron chi connectivity index (χ1n) is 11.0. The summed E-state index contributed by atoms with van der Waals surface area (Å²) >= 11 is 0. The molecule has 2 atom stereocenters. The second-order valence-corrected chi connectivity index (χ2v) is 10.7. The smallest absolute Gasteiger partial charge is 0.224 e. The molecule has 8 nitrogen and oxygen atoms in total. The lowest BCUT2D eigenvalue weighted by molar-refractivity contribution is 0.541. The van der Waals surface area contributed by atoms with E-state index in [1.807, 2.05) is 54.6 Å². The number of hydrogen-bond donors (Lipinski definition) is 3. The number of nitrogen functional groups attached to an aromatic ring is 1. The van der Waals surface area contributed by atoms with Crippen LogP contribution in [-0.4, -0.2) is 34.6 Å². The Morgan fingerprint density at radius 2 is 1.74 bits per heavy atom. The predicted octanol–water partition coefficient (Wildman–Crippen LogP) is 4.03. The maximum absolute atomic E-state index is 14.1. The standard InChI is InChI=1S/C25H22N6O2S/c26-25-29-23(20-14-27-31-24(20)30-25)28-17-12-16-7-2-4-10-19(16)22(13-17)34(32,33)21-11-5-8-15-6-1-3-9-18(15)21/h1-11,14,17,22H,12-13H2,(H4,26,27,28,29,30,31). The summed E-state index contributed by atoms with van der Waals surface area (Å²) in [6, 6.07) is 20.6. The Hall–Kier alpha value is -3.98. The summed E-state index contributed by atoms with van der Waals surface area (Å²) in [5.74, 6) is 0.664. The van der Waals surface area contributed by atoms with Crippen molar-refractivity contribution in [1.29, 1.82) is 0 Å². The molecule has 3 aromatic carbocycles. The molecule has 34 heavy (non-hydrogen) atoms. The molecule has 0 saturated carbocycles. The van der Waals surface area contributed by atoms with Gasteiger partial charge in [-0.2, -0.15) is 15.1 Å². The van der Waals surface area contributed by atoms with Gasteiger partial charge < -0.3 is 11.1 Å². The Morgan fingerprint density at radius 3 is 2.65 bits per heavy atom. The Morgan fingerprint density at radius 1 is 0.941 bits per heavy atom. The third-order valence-electron chi connectivity index (χ3n) is 6.47. The molecule has 9 heteroatoms. The number of nitrogens with zero attached hydrogens (tertiary/aromatic N) is 3. The van der Waals surface area contributed by atoms with Gasteiger partial charge in [0, 0.05) is 11.4 Å². The average molecular weight is 471 g/mol. The fraction of sp³-hybridized carbons (Fsp3) is 0.160. The second kappa shape index (κ2) is 7.81. The number of sulfone groups is 1. The normalized spacial score (nSPS) is 18.1. The summed E-state index contributed by atoms with van der Waals surface area (Å²) < 4.78 is 28.2. The van der Waals surface area contributed by atoms with Crippen LogP contribution in [0.3, 0.4) is 0 Å². The van der Waals surface area contributed by atoms with Crippen molar-refractivity contribution in [3.63, 3.8) is 0 Å². The van der Waals surface area contributed by atoms with Crippen LogP contribution in [0.15, 0.2) is 77.8 Å². The van der Waals surface area contributed by atoms with Gasteiger partial charge in [0.05, 0.1) is 21.7 Å². The molecule has 2 heterocycles. The van der Waals surface area contributed by atoms with E-state index in [1.54, 1.807) is 18.3 Å². The SMILES string of the molecule is Nc1nc(NC2Cc3ccccc3C(S(=O)(=O)c3cccc4ccccc34)C2)c2cn[nH]c2n1. The van der Waals surface area contributed by atoms with Crippen LogP contribution in [0.4, 0.5) is 11.8 Å². The highest BCUT2D eigenvalue weighted by Crippen LogP contribution is 2.41. The summed E-state index contributed by atoms with van der Waals surface area (Å²) in [5, 5.41) is 11.9. The molecule has 2 unspecified atom stereocenters. The lowest BCUT2D eigenvalue weighted by Crippen LogP contribution is -2.33. The molecular formula is C25H22N6O2S. The minimum atomic E-state index is -3.68. The number of rotatable bonds is 4. The van der Waals surface area contributed by atoms with Crippen LogP contribution in [0, 0.1) is 0 Å². The van der Waals surface area contributed by atoms with Crippen LogP contribution in [0.25, 0.3) is 21.8 Å². The minimum Gasteiger partial charge on any atom is -0.368 e. The Kier molecular flexibility index (Phi) is 4.73. The van der Waals surface area contributed by atoms with Gasteiger partial charge in [-0.15, -0.1) is 0 Å². The van der Waals surface area contributed by atoms with Gasteiger partial charge in [-0.3, -0.25) is 5.10 Å². The molecule has 1 aliphatic carbocycles. The highest BCUT2D eigenvalue weighted by molar-refractivity contribution is 7.92. The molecule has 0 saturated heterocycles. The van der Waals surface area contributed by atoms with Gasteiger partial charge in [-0.1, -0.05) is 60.7 Å². The van der Waals surface area contributed by atoms with Crippen molar-refractivity contribution in [1.82, 2.24) is 20.2 Å². The molecule has 0 fully saturated rings. The molecule has 0 radical (unpaired) electrons. The van der Waals surface area contributed by atoms with E-state index >= 15 is 0 Å². The quantitative estimate of drug-likeness (QED) is 0.362. The number of nitrogens with two attached hydrogens (primary N) is 1. The van der Waals surface area contributed by atoms with Crippen molar-refractivity contribution in [2.24, 2.45) is 0 Å². The lowest BCUT2D eigenvalue weighted by Gasteiger charge is -2.32. The van der Waals surface area contributed by atoms with Gasteiger partial charge in [-0.05, 0) is 35.4 Å². The predicted molar refractivity (Wildman–Crippen MR) is 132 cm³/mol. The topological polar surface area (TPSA) is 127 Å². The van der Waals surface area contributed by atoms with Crippen LogP contribution < -0.4 is 11.1 Å². The van der Waals surface area contributed by atoms with Crippen LogP contribution in [-0.2, 0) is 16.3 Å². The maximum Gasteiger partial charge on any atom is 0.224 e. The molecule has 0 spiro atoms. The molecule has 2 aromatic heterocycles. The zero-order valence-corrected chi connectivity index (χ0v) is 19.0. The number of benzene rings is 3. The first-order valence-corrected chi connectivity index (χ1v) is 12.6. The van der Waals surface area contributed by atoms with Gasteiger partial charge in [0.25, 0.3) is 0 Å². The molecule has 0 aliphatic heterocycles. The van der Waals surface area contributed by atoms with E-state index in [1.165, 1.54) is 0 Å². The lowest BCUT2D eigenvalue weighted by atomic mass is 9.88. The van der Waals surface area contributed by atoms with E-state index in [-0.39, 0.29) is 12.0 Å². The number of anilines is 2. The van der Waals surface area contributed by atoms with Crippen molar-refractivity contribution in [3.05, 3.63) is 84.1 Å². The third-order valence-corrected chi connectivity index (χ3v) is 8.63. The molecule has 1 aliphatic rings.